The smallest absolute Gasteiger partial charge is 0.191 e. The fourth-order valence-electron chi connectivity index (χ4n) is 2.19. The van der Waals surface area contributed by atoms with E-state index in [0.29, 0.717) is 18.9 Å². The van der Waals surface area contributed by atoms with Crippen molar-refractivity contribution in [3.05, 3.63) is 91.0 Å². The fourth-order valence-corrected chi connectivity index (χ4v) is 3.17. The Hall–Kier alpha value is -2.18. The molecule has 28 heavy (non-hydrogen) atoms. The lowest BCUT2D eigenvalue weighted by molar-refractivity contribution is 0.196. The van der Waals surface area contributed by atoms with E-state index < -0.39 is 0 Å². The molecule has 0 bridgehead atoms. The maximum absolute atomic E-state index is 5.84. The highest BCUT2D eigenvalue weighted by Gasteiger charge is 2.14. The minimum absolute atomic E-state index is 0.334. The third kappa shape index (κ3) is 7.82. The Balaban J connectivity index is 0.00000190. The molecule has 0 unspecified atom stereocenters. The average molecular weight is 416 g/mol. The SMILES string of the molecule is C=C.C=C(OCc1nnc(SCCS)n1Cc1ccccc1)/C(C)=C\C=C/C. The van der Waals surface area contributed by atoms with Crippen molar-refractivity contribution < 1.29 is 4.74 Å². The standard InChI is InChI=1S/C20H25N3OS2.C2H4/c1-4-5-9-16(2)17(3)24-15-19-21-22-20(26-13-12-25)23(19)14-18-10-7-6-8-11-18;1-2/h4-11,25H,3,12-15H2,1-2H3;1-2H2/b5-4-,16-9-;. The van der Waals surface area contributed by atoms with Crippen LogP contribution in [-0.4, -0.2) is 26.3 Å². The second-order valence-corrected chi connectivity index (χ2v) is 7.14. The summed E-state index contributed by atoms with van der Waals surface area (Å²) in [5.41, 5.74) is 2.19. The van der Waals surface area contributed by atoms with Crippen LogP contribution in [0.3, 0.4) is 0 Å². The summed E-state index contributed by atoms with van der Waals surface area (Å²) in [6.45, 7) is 15.0. The van der Waals surface area contributed by atoms with Crippen LogP contribution >= 0.6 is 24.4 Å². The van der Waals surface area contributed by atoms with E-state index in [-0.39, 0.29) is 0 Å². The predicted molar refractivity (Wildman–Crippen MR) is 124 cm³/mol. The number of nitrogens with zero attached hydrogens (tertiary/aromatic N) is 3. The highest BCUT2D eigenvalue weighted by Crippen LogP contribution is 2.20. The van der Waals surface area contributed by atoms with E-state index in [1.54, 1.807) is 11.8 Å². The van der Waals surface area contributed by atoms with Gasteiger partial charge in [-0.3, -0.25) is 4.57 Å². The van der Waals surface area contributed by atoms with Gasteiger partial charge in [0.1, 0.15) is 12.4 Å². The molecule has 0 saturated carbocycles. The van der Waals surface area contributed by atoms with Crippen LogP contribution < -0.4 is 0 Å². The van der Waals surface area contributed by atoms with E-state index >= 15 is 0 Å². The number of hydrogen-bond acceptors (Lipinski definition) is 5. The van der Waals surface area contributed by atoms with Crippen molar-refractivity contribution >= 4 is 24.4 Å². The van der Waals surface area contributed by atoms with Crippen LogP contribution in [0.2, 0.25) is 0 Å². The maximum atomic E-state index is 5.84. The topological polar surface area (TPSA) is 39.9 Å². The molecular weight excluding hydrogens is 386 g/mol. The number of thiol groups is 1. The summed E-state index contributed by atoms with van der Waals surface area (Å²) in [4.78, 5) is 0. The summed E-state index contributed by atoms with van der Waals surface area (Å²) in [6.07, 6.45) is 5.91. The summed E-state index contributed by atoms with van der Waals surface area (Å²) in [5, 5.41) is 9.54. The molecule has 4 nitrogen and oxygen atoms in total. The van der Waals surface area contributed by atoms with Gasteiger partial charge in [-0.25, -0.2) is 0 Å². The lowest BCUT2D eigenvalue weighted by Crippen LogP contribution is -2.08. The van der Waals surface area contributed by atoms with Crippen LogP contribution in [0.15, 0.2) is 84.8 Å². The molecule has 2 aromatic rings. The fraction of sp³-hybridized carbons (Fsp3) is 0.273. The van der Waals surface area contributed by atoms with Gasteiger partial charge in [0, 0.05) is 5.75 Å². The average Bonchev–Trinajstić information content (AvgIpc) is 3.12. The molecule has 150 valence electrons. The van der Waals surface area contributed by atoms with Crippen LogP contribution in [0, 0.1) is 0 Å². The number of hydrogen-bond donors (Lipinski definition) is 1. The van der Waals surface area contributed by atoms with E-state index in [2.05, 4.69) is 59.3 Å². The van der Waals surface area contributed by atoms with Gasteiger partial charge in [0.2, 0.25) is 0 Å². The van der Waals surface area contributed by atoms with E-state index in [1.165, 1.54) is 5.56 Å². The van der Waals surface area contributed by atoms with Gasteiger partial charge >= 0.3 is 0 Å². The van der Waals surface area contributed by atoms with E-state index in [4.69, 9.17) is 4.74 Å². The molecule has 0 aliphatic rings. The molecule has 0 radical (unpaired) electrons. The Morgan fingerprint density at radius 3 is 2.61 bits per heavy atom. The minimum atomic E-state index is 0.334. The van der Waals surface area contributed by atoms with Crippen LogP contribution in [0.25, 0.3) is 0 Å². The second kappa shape index (κ2) is 13.9. The molecule has 0 amide bonds. The third-order valence-electron chi connectivity index (χ3n) is 3.65. The molecule has 2 rings (SSSR count). The van der Waals surface area contributed by atoms with Crippen molar-refractivity contribution in [1.29, 1.82) is 0 Å². The van der Waals surface area contributed by atoms with Gasteiger partial charge in [0.05, 0.1) is 6.54 Å². The normalized spacial score (nSPS) is 11.2. The first-order chi connectivity index (χ1) is 13.7. The molecule has 0 saturated heterocycles. The zero-order valence-electron chi connectivity index (χ0n) is 16.7. The molecule has 0 aliphatic heterocycles. The molecule has 0 N–H and O–H groups in total. The molecule has 0 fully saturated rings. The van der Waals surface area contributed by atoms with Gasteiger partial charge in [0.25, 0.3) is 0 Å². The van der Waals surface area contributed by atoms with Gasteiger partial charge in [-0.1, -0.05) is 66.9 Å². The highest BCUT2D eigenvalue weighted by molar-refractivity contribution is 7.99. The van der Waals surface area contributed by atoms with E-state index in [9.17, 15) is 0 Å². The first-order valence-corrected chi connectivity index (χ1v) is 10.6. The molecule has 1 aromatic carbocycles. The van der Waals surface area contributed by atoms with Gasteiger partial charge in [-0.2, -0.15) is 12.6 Å². The molecular formula is C22H29N3OS2. The lowest BCUT2D eigenvalue weighted by atomic mass is 10.2. The van der Waals surface area contributed by atoms with Crippen molar-refractivity contribution in [2.45, 2.75) is 32.2 Å². The summed E-state index contributed by atoms with van der Waals surface area (Å²) >= 11 is 5.94. The summed E-state index contributed by atoms with van der Waals surface area (Å²) < 4.78 is 7.94. The largest absolute Gasteiger partial charge is 0.486 e. The first-order valence-electron chi connectivity index (χ1n) is 8.97. The lowest BCUT2D eigenvalue weighted by Gasteiger charge is -2.12. The Bertz CT molecular complexity index is 782. The van der Waals surface area contributed by atoms with Crippen LogP contribution in [0.1, 0.15) is 25.2 Å². The van der Waals surface area contributed by atoms with Crippen molar-refractivity contribution in [3.63, 3.8) is 0 Å². The maximum Gasteiger partial charge on any atom is 0.191 e. The molecule has 1 aromatic heterocycles. The summed E-state index contributed by atoms with van der Waals surface area (Å²) in [5.74, 6) is 3.10. The number of ether oxygens (including phenoxy) is 1. The summed E-state index contributed by atoms with van der Waals surface area (Å²) in [7, 11) is 0. The van der Waals surface area contributed by atoms with Crippen molar-refractivity contribution in [2.24, 2.45) is 0 Å². The number of benzene rings is 1. The zero-order chi connectivity index (χ0) is 20.8. The van der Waals surface area contributed by atoms with Crippen LogP contribution in [-0.2, 0) is 17.9 Å². The number of allylic oxidation sites excluding steroid dienone is 4. The molecule has 1 heterocycles. The number of aromatic nitrogens is 3. The summed E-state index contributed by atoms with van der Waals surface area (Å²) in [6, 6.07) is 10.3. The number of rotatable bonds is 10. The van der Waals surface area contributed by atoms with Crippen molar-refractivity contribution in [1.82, 2.24) is 14.8 Å². The molecule has 0 aliphatic carbocycles. The van der Waals surface area contributed by atoms with Gasteiger partial charge < -0.3 is 4.74 Å². The van der Waals surface area contributed by atoms with Crippen LogP contribution in [0.5, 0.6) is 0 Å². The highest BCUT2D eigenvalue weighted by atomic mass is 32.2. The van der Waals surface area contributed by atoms with Gasteiger partial charge in [0.15, 0.2) is 11.0 Å². The Labute approximate surface area is 178 Å². The Kier molecular flexibility index (Phi) is 11.9. The second-order valence-electron chi connectivity index (χ2n) is 5.63. The third-order valence-corrected chi connectivity index (χ3v) is 5.15. The first kappa shape index (κ1) is 23.9. The van der Waals surface area contributed by atoms with E-state index in [1.807, 2.05) is 50.3 Å². The van der Waals surface area contributed by atoms with E-state index in [0.717, 1.165) is 28.1 Å². The Morgan fingerprint density at radius 1 is 1.25 bits per heavy atom. The number of thioether (sulfide) groups is 1. The Morgan fingerprint density at radius 2 is 1.96 bits per heavy atom. The van der Waals surface area contributed by atoms with Gasteiger partial charge in [-0.15, -0.1) is 23.4 Å². The van der Waals surface area contributed by atoms with Crippen LogP contribution in [0.4, 0.5) is 0 Å². The van der Waals surface area contributed by atoms with Crippen molar-refractivity contribution in [3.8, 4) is 0 Å². The minimum Gasteiger partial charge on any atom is -0.486 e. The molecule has 0 spiro atoms. The molecule has 0 atom stereocenters. The van der Waals surface area contributed by atoms with Gasteiger partial charge in [-0.05, 0) is 30.7 Å². The monoisotopic (exact) mass is 415 g/mol. The van der Waals surface area contributed by atoms with Crippen molar-refractivity contribution in [2.75, 3.05) is 11.5 Å². The quantitative estimate of drug-likeness (QED) is 0.178. The predicted octanol–water partition coefficient (Wildman–Crippen LogP) is 5.70. The zero-order valence-corrected chi connectivity index (χ0v) is 18.4. The molecule has 6 heteroatoms.